The van der Waals surface area contributed by atoms with Gasteiger partial charge in [0.2, 0.25) is 0 Å². The number of hydrogen-bond acceptors (Lipinski definition) is 2. The first-order valence-electron chi connectivity index (χ1n) is 4.57. The van der Waals surface area contributed by atoms with E-state index in [-0.39, 0.29) is 23.3 Å². The number of benzene rings is 1. The van der Waals surface area contributed by atoms with Crippen molar-refractivity contribution in [2.24, 2.45) is 10.7 Å². The van der Waals surface area contributed by atoms with Crippen molar-refractivity contribution in [2.45, 2.75) is 13.1 Å². The van der Waals surface area contributed by atoms with Gasteiger partial charge in [-0.1, -0.05) is 24.8 Å². The van der Waals surface area contributed by atoms with Crippen LogP contribution in [0.25, 0.3) is 0 Å². The maximum Gasteiger partial charge on any atom is 0.416 e. The molecule has 0 unspecified atom stereocenters. The van der Waals surface area contributed by atoms with Crippen molar-refractivity contribution in [2.75, 3.05) is 5.75 Å². The maximum absolute atomic E-state index is 12.4. The van der Waals surface area contributed by atoms with Crippen molar-refractivity contribution in [3.63, 3.8) is 0 Å². The highest BCUT2D eigenvalue weighted by molar-refractivity contribution is 8.13. The minimum Gasteiger partial charge on any atom is -0.378 e. The van der Waals surface area contributed by atoms with E-state index in [1.165, 1.54) is 23.9 Å². The Balaban J connectivity index is 0.00000256. The summed E-state index contributed by atoms with van der Waals surface area (Å²) in [6, 6.07) is 4.77. The number of aliphatic imine (C=N–C) groups is 1. The van der Waals surface area contributed by atoms with Gasteiger partial charge < -0.3 is 5.73 Å². The van der Waals surface area contributed by atoms with Crippen LogP contribution >= 0.6 is 24.2 Å². The van der Waals surface area contributed by atoms with E-state index in [0.29, 0.717) is 0 Å². The summed E-state index contributed by atoms with van der Waals surface area (Å²) in [7, 11) is 0. The van der Waals surface area contributed by atoms with Crippen LogP contribution in [0.1, 0.15) is 12.5 Å². The Kier molecular flexibility index (Phi) is 6.41. The van der Waals surface area contributed by atoms with Crippen molar-refractivity contribution >= 4 is 35.0 Å². The predicted octanol–water partition coefficient (Wildman–Crippen LogP) is 3.83. The van der Waals surface area contributed by atoms with Gasteiger partial charge in [0, 0.05) is 0 Å². The summed E-state index contributed by atoms with van der Waals surface area (Å²) in [5.74, 6) is 0.730. The highest BCUT2D eigenvalue weighted by Crippen LogP contribution is 2.31. The first-order valence-corrected chi connectivity index (χ1v) is 5.56. The normalized spacial score (nSPS) is 12.1. The molecule has 0 heterocycles. The lowest BCUT2D eigenvalue weighted by atomic mass is 10.2. The van der Waals surface area contributed by atoms with E-state index in [9.17, 15) is 13.2 Å². The molecule has 0 amide bonds. The van der Waals surface area contributed by atoms with E-state index in [4.69, 9.17) is 5.73 Å². The minimum absolute atomic E-state index is 0. The molecule has 17 heavy (non-hydrogen) atoms. The van der Waals surface area contributed by atoms with Crippen LogP contribution < -0.4 is 5.73 Å². The summed E-state index contributed by atoms with van der Waals surface area (Å²) < 4.78 is 37.1. The molecule has 7 heteroatoms. The average molecular weight is 285 g/mol. The van der Waals surface area contributed by atoms with Crippen LogP contribution in [0.4, 0.5) is 18.9 Å². The monoisotopic (exact) mass is 284 g/mol. The lowest BCUT2D eigenvalue weighted by Gasteiger charge is -2.06. The van der Waals surface area contributed by atoms with E-state index >= 15 is 0 Å². The number of thioether (sulfide) groups is 1. The van der Waals surface area contributed by atoms with Gasteiger partial charge >= 0.3 is 6.18 Å². The standard InChI is InChI=1S/C10H11F3N2S.ClH/c1-2-16-9(14)15-8-5-3-4-7(6-8)10(11,12)13;/h3-6H,2H2,1H3,(H2,14,15);1H. The summed E-state index contributed by atoms with van der Waals surface area (Å²) in [5.41, 5.74) is 5.00. The van der Waals surface area contributed by atoms with Gasteiger partial charge in [-0.3, -0.25) is 0 Å². The molecule has 96 valence electrons. The van der Waals surface area contributed by atoms with E-state index in [2.05, 4.69) is 4.99 Å². The third kappa shape index (κ3) is 5.32. The minimum atomic E-state index is -4.35. The average Bonchev–Trinajstić information content (AvgIpc) is 2.17. The van der Waals surface area contributed by atoms with Crippen molar-refractivity contribution in [1.29, 1.82) is 0 Å². The van der Waals surface area contributed by atoms with Gasteiger partial charge in [-0.25, -0.2) is 4.99 Å². The van der Waals surface area contributed by atoms with Gasteiger partial charge in [-0.05, 0) is 24.0 Å². The van der Waals surface area contributed by atoms with E-state index in [1.54, 1.807) is 0 Å². The molecule has 0 saturated heterocycles. The molecule has 0 saturated carbocycles. The molecule has 2 N–H and O–H groups in total. The summed E-state index contributed by atoms with van der Waals surface area (Å²) in [6.07, 6.45) is -4.35. The Hall–Kier alpha value is -0.880. The molecule has 0 bridgehead atoms. The Morgan fingerprint density at radius 3 is 2.59 bits per heavy atom. The van der Waals surface area contributed by atoms with Crippen LogP contribution in [-0.4, -0.2) is 10.9 Å². The predicted molar refractivity (Wildman–Crippen MR) is 68.1 cm³/mol. The Labute approximate surface area is 108 Å². The van der Waals surface area contributed by atoms with Crippen LogP contribution in [0.5, 0.6) is 0 Å². The number of alkyl halides is 3. The third-order valence-corrected chi connectivity index (χ3v) is 2.38. The number of amidine groups is 1. The van der Waals surface area contributed by atoms with Gasteiger partial charge in [0.05, 0.1) is 11.3 Å². The molecule has 0 aliphatic carbocycles. The summed E-state index contributed by atoms with van der Waals surface area (Å²) in [5, 5.41) is 0.266. The SMILES string of the molecule is CCSC(N)=Nc1cccc(C(F)(F)F)c1.Cl. The van der Waals surface area contributed by atoms with Crippen molar-refractivity contribution < 1.29 is 13.2 Å². The molecule has 1 aromatic carbocycles. The summed E-state index contributed by atoms with van der Waals surface area (Å²) in [6.45, 7) is 1.89. The van der Waals surface area contributed by atoms with E-state index in [0.717, 1.165) is 17.9 Å². The van der Waals surface area contributed by atoms with Crippen LogP contribution in [0, 0.1) is 0 Å². The second-order valence-corrected chi connectivity index (χ2v) is 4.22. The van der Waals surface area contributed by atoms with Gasteiger partial charge in [0.25, 0.3) is 0 Å². The van der Waals surface area contributed by atoms with Gasteiger partial charge in [-0.2, -0.15) is 13.2 Å². The van der Waals surface area contributed by atoms with Gasteiger partial charge in [-0.15, -0.1) is 12.4 Å². The van der Waals surface area contributed by atoms with Gasteiger partial charge in [0.1, 0.15) is 0 Å². The molecule has 0 aliphatic heterocycles. The fourth-order valence-electron chi connectivity index (χ4n) is 1.06. The highest BCUT2D eigenvalue weighted by atomic mass is 35.5. The smallest absolute Gasteiger partial charge is 0.378 e. The number of hydrogen-bond donors (Lipinski definition) is 1. The molecule has 0 aromatic heterocycles. The second-order valence-electron chi connectivity index (χ2n) is 2.93. The fraction of sp³-hybridized carbons (Fsp3) is 0.300. The molecular weight excluding hydrogens is 273 g/mol. The first-order chi connectivity index (χ1) is 7.43. The van der Waals surface area contributed by atoms with Crippen molar-refractivity contribution in [1.82, 2.24) is 0 Å². The van der Waals surface area contributed by atoms with Crippen LogP contribution in [0.3, 0.4) is 0 Å². The topological polar surface area (TPSA) is 38.4 Å². The fourth-order valence-corrected chi connectivity index (χ4v) is 1.52. The van der Waals surface area contributed by atoms with Gasteiger partial charge in [0.15, 0.2) is 5.17 Å². The van der Waals surface area contributed by atoms with E-state index < -0.39 is 11.7 Å². The molecule has 1 aromatic rings. The second kappa shape index (κ2) is 6.76. The molecule has 0 aliphatic rings. The molecule has 2 nitrogen and oxygen atoms in total. The highest BCUT2D eigenvalue weighted by Gasteiger charge is 2.30. The summed E-state index contributed by atoms with van der Waals surface area (Å²) >= 11 is 1.29. The zero-order valence-corrected chi connectivity index (χ0v) is 10.6. The molecule has 0 spiro atoms. The molecule has 0 atom stereocenters. The third-order valence-electron chi connectivity index (χ3n) is 1.70. The largest absolute Gasteiger partial charge is 0.416 e. The zero-order chi connectivity index (χ0) is 12.2. The number of nitrogens with zero attached hydrogens (tertiary/aromatic N) is 1. The molecular formula is C10H12ClF3N2S. The summed E-state index contributed by atoms with van der Waals surface area (Å²) in [4.78, 5) is 3.88. The zero-order valence-electron chi connectivity index (χ0n) is 8.99. The Bertz CT molecular complexity index is 393. The quantitative estimate of drug-likeness (QED) is 0.662. The maximum atomic E-state index is 12.4. The van der Waals surface area contributed by atoms with Crippen molar-refractivity contribution in [3.8, 4) is 0 Å². The molecule has 0 fully saturated rings. The van der Waals surface area contributed by atoms with Crippen LogP contribution in [0.15, 0.2) is 29.3 Å². The Morgan fingerprint density at radius 2 is 2.06 bits per heavy atom. The van der Waals surface area contributed by atoms with Crippen LogP contribution in [-0.2, 0) is 6.18 Å². The molecule has 0 radical (unpaired) electrons. The molecule has 1 rings (SSSR count). The number of halogens is 4. The number of rotatable bonds is 2. The lowest BCUT2D eigenvalue weighted by molar-refractivity contribution is -0.137. The van der Waals surface area contributed by atoms with Crippen molar-refractivity contribution in [3.05, 3.63) is 29.8 Å². The lowest BCUT2D eigenvalue weighted by Crippen LogP contribution is -2.06. The first kappa shape index (κ1) is 16.1. The van der Waals surface area contributed by atoms with Crippen LogP contribution in [0.2, 0.25) is 0 Å². The van der Waals surface area contributed by atoms with E-state index in [1.807, 2.05) is 6.92 Å². The Morgan fingerprint density at radius 1 is 1.41 bits per heavy atom. The number of nitrogens with two attached hydrogens (primary N) is 1.